The first-order valence-electron chi connectivity index (χ1n) is 15.3. The first-order chi connectivity index (χ1) is 21.7. The lowest BCUT2D eigenvalue weighted by atomic mass is 10.0. The van der Waals surface area contributed by atoms with E-state index in [1.165, 1.54) is 0 Å². The van der Waals surface area contributed by atoms with Crippen molar-refractivity contribution in [1.29, 1.82) is 0 Å². The Morgan fingerprint density at radius 1 is 0.617 bits per heavy atom. The van der Waals surface area contributed by atoms with Crippen molar-refractivity contribution in [2.75, 3.05) is 11.9 Å². The molecule has 0 heterocycles. The number of guanidine groups is 1. The standard InChI is InChI=1S/C34H47N5O8/c1-32(2,3)45-29(42)35-21-11-10-12-26(40)36-24-17-13-22(14-18-24)27(41)23-15-19-25(20-16-23)37-28(38-30(43)46-33(4,5)6)39-31(44)47-34(7,8)9/h13-20H,10-12,21H2,1-9H3,(H,35,42)(H,36,40)(H2,37,38,39,43,44). The summed E-state index contributed by atoms with van der Waals surface area (Å²) in [5.41, 5.74) is -0.463. The molecule has 0 bridgehead atoms. The molecule has 0 saturated carbocycles. The highest BCUT2D eigenvalue weighted by molar-refractivity contribution is 6.09. The summed E-state index contributed by atoms with van der Waals surface area (Å²) in [6, 6.07) is 12.7. The Bertz CT molecular complexity index is 1400. The number of aliphatic imine (C=N–C) groups is 1. The number of ketones is 1. The topological polar surface area (TPSA) is 174 Å². The van der Waals surface area contributed by atoms with Crippen LogP contribution in [0.2, 0.25) is 0 Å². The molecule has 0 aliphatic rings. The molecule has 2 rings (SSSR count). The Hall–Kier alpha value is -4.94. The zero-order chi connectivity index (χ0) is 35.4. The van der Waals surface area contributed by atoms with Crippen LogP contribution >= 0.6 is 0 Å². The van der Waals surface area contributed by atoms with Crippen LogP contribution in [0.25, 0.3) is 0 Å². The Kier molecular flexibility index (Phi) is 13.5. The Morgan fingerprint density at radius 3 is 1.53 bits per heavy atom. The molecule has 4 N–H and O–H groups in total. The monoisotopic (exact) mass is 653 g/mol. The van der Waals surface area contributed by atoms with E-state index in [-0.39, 0.29) is 24.1 Å². The largest absolute Gasteiger partial charge is 0.444 e. The minimum atomic E-state index is -0.827. The summed E-state index contributed by atoms with van der Waals surface area (Å²) in [6.45, 7) is 15.9. The van der Waals surface area contributed by atoms with Crippen LogP contribution in [0.1, 0.15) is 97.5 Å². The maximum absolute atomic E-state index is 13.1. The van der Waals surface area contributed by atoms with Gasteiger partial charge in [0, 0.05) is 29.8 Å². The van der Waals surface area contributed by atoms with Crippen LogP contribution in [0.5, 0.6) is 0 Å². The second-order valence-corrected chi connectivity index (χ2v) is 13.6. The predicted molar refractivity (Wildman–Crippen MR) is 179 cm³/mol. The second-order valence-electron chi connectivity index (χ2n) is 13.6. The molecule has 13 heteroatoms. The first-order valence-corrected chi connectivity index (χ1v) is 15.3. The molecular weight excluding hydrogens is 606 g/mol. The number of hydrogen-bond donors (Lipinski definition) is 4. The van der Waals surface area contributed by atoms with Gasteiger partial charge in [0.25, 0.3) is 0 Å². The van der Waals surface area contributed by atoms with Crippen molar-refractivity contribution < 1.29 is 38.2 Å². The lowest BCUT2D eigenvalue weighted by Crippen LogP contribution is -2.47. The minimum Gasteiger partial charge on any atom is -0.444 e. The summed E-state index contributed by atoms with van der Waals surface area (Å²) in [5.74, 6) is -0.656. The van der Waals surface area contributed by atoms with Gasteiger partial charge in [-0.3, -0.25) is 20.2 Å². The number of nitrogens with one attached hydrogen (secondary N) is 4. The lowest BCUT2D eigenvalue weighted by Gasteiger charge is -2.22. The van der Waals surface area contributed by atoms with Gasteiger partial charge in [-0.05, 0) is 124 Å². The van der Waals surface area contributed by atoms with Crippen molar-refractivity contribution in [3.8, 4) is 0 Å². The Labute approximate surface area is 276 Å². The highest BCUT2D eigenvalue weighted by Crippen LogP contribution is 2.18. The number of carbonyl (C=O) groups is 5. The Balaban J connectivity index is 1.98. The van der Waals surface area contributed by atoms with E-state index in [9.17, 15) is 24.0 Å². The summed E-state index contributed by atoms with van der Waals surface area (Å²) in [5, 5.41) is 10.3. The smallest absolute Gasteiger partial charge is 0.414 e. The van der Waals surface area contributed by atoms with E-state index >= 15 is 0 Å². The second kappa shape index (κ2) is 16.6. The van der Waals surface area contributed by atoms with Gasteiger partial charge in [-0.25, -0.2) is 19.4 Å². The van der Waals surface area contributed by atoms with Crippen LogP contribution in [-0.2, 0) is 19.0 Å². The zero-order valence-corrected chi connectivity index (χ0v) is 28.7. The fraction of sp³-hybridized carbons (Fsp3) is 0.471. The number of ether oxygens (including phenoxy) is 3. The van der Waals surface area contributed by atoms with Crippen LogP contribution < -0.4 is 21.3 Å². The highest BCUT2D eigenvalue weighted by Gasteiger charge is 2.22. The first kappa shape index (κ1) is 38.2. The average molecular weight is 654 g/mol. The number of amides is 4. The third-order valence-corrected chi connectivity index (χ3v) is 5.54. The number of unbranched alkanes of at least 4 members (excludes halogenated alkanes) is 1. The van der Waals surface area contributed by atoms with Gasteiger partial charge < -0.3 is 24.8 Å². The number of alkyl carbamates (subject to hydrolysis) is 3. The molecule has 2 aromatic rings. The van der Waals surface area contributed by atoms with E-state index in [1.807, 2.05) is 0 Å². The SMILES string of the molecule is CC(C)(C)OC(=O)NCCCCC(=O)Nc1ccc(C(=O)c2ccc(N=C(NC(=O)OC(C)(C)C)NC(=O)OC(C)(C)C)cc2)cc1. The van der Waals surface area contributed by atoms with Gasteiger partial charge in [-0.15, -0.1) is 0 Å². The number of nitrogens with zero attached hydrogens (tertiary/aromatic N) is 1. The zero-order valence-electron chi connectivity index (χ0n) is 28.7. The summed E-state index contributed by atoms with van der Waals surface area (Å²) in [6.07, 6.45) is -0.679. The summed E-state index contributed by atoms with van der Waals surface area (Å²) < 4.78 is 15.7. The van der Waals surface area contributed by atoms with Crippen molar-refractivity contribution in [3.05, 3.63) is 59.7 Å². The third-order valence-electron chi connectivity index (χ3n) is 5.54. The van der Waals surface area contributed by atoms with E-state index in [2.05, 4.69) is 26.3 Å². The molecule has 0 spiro atoms. The number of rotatable bonds is 9. The molecule has 256 valence electrons. The number of hydrogen-bond acceptors (Lipinski definition) is 9. The van der Waals surface area contributed by atoms with Crippen molar-refractivity contribution in [3.63, 3.8) is 0 Å². The van der Waals surface area contributed by atoms with Crippen molar-refractivity contribution in [2.45, 2.75) is 98.4 Å². The highest BCUT2D eigenvalue weighted by atomic mass is 16.6. The van der Waals surface area contributed by atoms with Gasteiger partial charge in [-0.2, -0.15) is 0 Å². The normalized spacial score (nSPS) is 11.4. The molecule has 0 fully saturated rings. The quantitative estimate of drug-likeness (QED) is 0.0771. The van der Waals surface area contributed by atoms with Crippen molar-refractivity contribution >= 4 is 47.3 Å². The summed E-state index contributed by atoms with van der Waals surface area (Å²) in [4.78, 5) is 66.1. The van der Waals surface area contributed by atoms with E-state index in [1.54, 1.807) is 111 Å². The maximum Gasteiger partial charge on any atom is 0.414 e. The predicted octanol–water partition coefficient (Wildman–Crippen LogP) is 6.59. The molecule has 47 heavy (non-hydrogen) atoms. The van der Waals surface area contributed by atoms with E-state index < -0.39 is 35.1 Å². The van der Waals surface area contributed by atoms with E-state index in [0.29, 0.717) is 41.9 Å². The molecule has 4 amide bonds. The summed E-state index contributed by atoms with van der Waals surface area (Å²) in [7, 11) is 0. The van der Waals surface area contributed by atoms with Crippen LogP contribution in [0.15, 0.2) is 53.5 Å². The van der Waals surface area contributed by atoms with Gasteiger partial charge >= 0.3 is 18.3 Å². The number of anilines is 1. The minimum absolute atomic E-state index is 0.181. The molecule has 0 unspecified atom stereocenters. The Morgan fingerprint density at radius 2 is 1.06 bits per heavy atom. The van der Waals surface area contributed by atoms with Gasteiger partial charge in [-0.1, -0.05) is 0 Å². The molecule has 2 aromatic carbocycles. The van der Waals surface area contributed by atoms with Crippen LogP contribution in [0.4, 0.5) is 25.8 Å². The molecule has 0 aliphatic heterocycles. The number of benzene rings is 2. The van der Waals surface area contributed by atoms with Gasteiger partial charge in [0.05, 0.1) is 5.69 Å². The van der Waals surface area contributed by atoms with E-state index in [0.717, 1.165) is 0 Å². The number of carbonyl (C=O) groups excluding carboxylic acids is 5. The molecule has 0 radical (unpaired) electrons. The fourth-order valence-corrected chi connectivity index (χ4v) is 3.71. The summed E-state index contributed by atoms with van der Waals surface area (Å²) >= 11 is 0. The molecule has 0 saturated heterocycles. The molecule has 13 nitrogen and oxygen atoms in total. The third kappa shape index (κ3) is 16.3. The maximum atomic E-state index is 13.1. The van der Waals surface area contributed by atoms with Crippen molar-refractivity contribution in [1.82, 2.24) is 16.0 Å². The lowest BCUT2D eigenvalue weighted by molar-refractivity contribution is -0.116. The molecule has 0 aromatic heterocycles. The van der Waals surface area contributed by atoms with E-state index in [4.69, 9.17) is 14.2 Å². The molecule has 0 atom stereocenters. The molecule has 0 aliphatic carbocycles. The molecular formula is C34H47N5O8. The fourth-order valence-electron chi connectivity index (χ4n) is 3.71. The van der Waals surface area contributed by atoms with Crippen LogP contribution in [0.3, 0.4) is 0 Å². The van der Waals surface area contributed by atoms with Gasteiger partial charge in [0.2, 0.25) is 11.9 Å². The van der Waals surface area contributed by atoms with Crippen LogP contribution in [-0.4, -0.2) is 59.3 Å². The van der Waals surface area contributed by atoms with Crippen LogP contribution in [0, 0.1) is 0 Å². The van der Waals surface area contributed by atoms with Gasteiger partial charge in [0.1, 0.15) is 16.8 Å². The van der Waals surface area contributed by atoms with Gasteiger partial charge in [0.15, 0.2) is 5.78 Å². The van der Waals surface area contributed by atoms with Crippen molar-refractivity contribution in [2.24, 2.45) is 4.99 Å². The average Bonchev–Trinajstić information content (AvgIpc) is 2.90.